The average molecular weight is 342 g/mol. The molecule has 1 aromatic carbocycles. The molecule has 1 aliphatic rings. The average Bonchev–Trinajstić information content (AvgIpc) is 2.45. The van der Waals surface area contributed by atoms with Gasteiger partial charge in [-0.15, -0.1) is 0 Å². The molecular formula is C12H13BCl4O2. The molecule has 104 valence electrons. The summed E-state index contributed by atoms with van der Waals surface area (Å²) in [5.41, 5.74) is -0.502. The van der Waals surface area contributed by atoms with Crippen LogP contribution in [0.15, 0.2) is 6.07 Å². The Balaban J connectivity index is 2.51. The van der Waals surface area contributed by atoms with Crippen LogP contribution < -0.4 is 5.46 Å². The Morgan fingerprint density at radius 2 is 1.21 bits per heavy atom. The zero-order chi connectivity index (χ0) is 14.6. The van der Waals surface area contributed by atoms with E-state index in [4.69, 9.17) is 55.7 Å². The van der Waals surface area contributed by atoms with E-state index in [-0.39, 0.29) is 0 Å². The molecular weight excluding hydrogens is 329 g/mol. The number of rotatable bonds is 1. The highest BCUT2D eigenvalue weighted by molar-refractivity contribution is 6.71. The van der Waals surface area contributed by atoms with Gasteiger partial charge in [0, 0.05) is 5.46 Å². The molecule has 1 fully saturated rings. The lowest BCUT2D eigenvalue weighted by atomic mass is 9.79. The van der Waals surface area contributed by atoms with Crippen molar-refractivity contribution in [1.82, 2.24) is 0 Å². The minimum atomic E-state index is -0.693. The molecule has 1 heterocycles. The molecule has 0 amide bonds. The van der Waals surface area contributed by atoms with Crippen LogP contribution in [-0.4, -0.2) is 18.3 Å². The molecule has 0 bridgehead atoms. The maximum absolute atomic E-state index is 6.20. The Morgan fingerprint density at radius 3 is 1.58 bits per heavy atom. The Hall–Kier alpha value is 0.365. The topological polar surface area (TPSA) is 18.5 Å². The van der Waals surface area contributed by atoms with Crippen molar-refractivity contribution in [1.29, 1.82) is 0 Å². The van der Waals surface area contributed by atoms with Crippen molar-refractivity contribution in [3.8, 4) is 0 Å². The minimum absolute atomic E-state index is 0.301. The number of benzene rings is 1. The van der Waals surface area contributed by atoms with Crippen LogP contribution in [0.3, 0.4) is 0 Å². The van der Waals surface area contributed by atoms with Gasteiger partial charge in [-0.25, -0.2) is 0 Å². The Labute approximate surface area is 133 Å². The van der Waals surface area contributed by atoms with Gasteiger partial charge in [0.2, 0.25) is 0 Å². The van der Waals surface area contributed by atoms with Crippen LogP contribution in [0.25, 0.3) is 0 Å². The van der Waals surface area contributed by atoms with Gasteiger partial charge in [-0.3, -0.25) is 0 Å². The maximum atomic E-state index is 6.20. The minimum Gasteiger partial charge on any atom is -0.399 e. The first kappa shape index (κ1) is 15.7. The van der Waals surface area contributed by atoms with Gasteiger partial charge in [0.25, 0.3) is 0 Å². The predicted octanol–water partition coefficient (Wildman–Crippen LogP) is 4.60. The quantitative estimate of drug-likeness (QED) is 0.549. The van der Waals surface area contributed by atoms with Crippen LogP contribution in [0.5, 0.6) is 0 Å². The molecule has 1 saturated heterocycles. The molecule has 1 aromatic rings. The summed E-state index contributed by atoms with van der Waals surface area (Å²) in [6.45, 7) is 7.78. The van der Waals surface area contributed by atoms with Gasteiger partial charge < -0.3 is 9.31 Å². The summed E-state index contributed by atoms with van der Waals surface area (Å²) in [5, 5.41) is 1.24. The molecule has 0 spiro atoms. The summed E-state index contributed by atoms with van der Waals surface area (Å²) < 4.78 is 11.8. The first-order valence-corrected chi connectivity index (χ1v) is 7.26. The van der Waals surface area contributed by atoms with Crippen molar-refractivity contribution in [3.05, 3.63) is 26.2 Å². The molecule has 0 N–H and O–H groups in total. The molecule has 0 aromatic heterocycles. The Kier molecular flexibility index (Phi) is 4.12. The lowest BCUT2D eigenvalue weighted by Gasteiger charge is -2.32. The van der Waals surface area contributed by atoms with E-state index < -0.39 is 18.3 Å². The first-order valence-electron chi connectivity index (χ1n) is 5.75. The van der Waals surface area contributed by atoms with E-state index in [0.717, 1.165) is 0 Å². The van der Waals surface area contributed by atoms with Gasteiger partial charge in [-0.2, -0.15) is 0 Å². The van der Waals surface area contributed by atoms with Crippen molar-refractivity contribution >= 4 is 59.0 Å². The molecule has 7 heteroatoms. The summed E-state index contributed by atoms with van der Waals surface area (Å²) in [7, 11) is -0.693. The van der Waals surface area contributed by atoms with Gasteiger partial charge in [0.1, 0.15) is 0 Å². The molecule has 0 unspecified atom stereocenters. The highest BCUT2D eigenvalue weighted by atomic mass is 35.5. The van der Waals surface area contributed by atoms with Crippen LogP contribution in [-0.2, 0) is 9.31 Å². The van der Waals surface area contributed by atoms with E-state index in [1.165, 1.54) is 6.07 Å². The lowest BCUT2D eigenvalue weighted by Crippen LogP contribution is -2.41. The highest BCUT2D eigenvalue weighted by Crippen LogP contribution is 2.39. The third kappa shape index (κ3) is 2.62. The lowest BCUT2D eigenvalue weighted by molar-refractivity contribution is 0.00578. The van der Waals surface area contributed by atoms with E-state index >= 15 is 0 Å². The van der Waals surface area contributed by atoms with E-state index in [2.05, 4.69) is 0 Å². The third-order valence-electron chi connectivity index (χ3n) is 3.63. The van der Waals surface area contributed by atoms with Crippen LogP contribution in [0.4, 0.5) is 0 Å². The zero-order valence-corrected chi connectivity index (χ0v) is 14.0. The molecule has 0 aliphatic carbocycles. The van der Waals surface area contributed by atoms with Gasteiger partial charge in [0.05, 0.1) is 31.3 Å². The van der Waals surface area contributed by atoms with Gasteiger partial charge >= 0.3 is 7.12 Å². The molecule has 19 heavy (non-hydrogen) atoms. The van der Waals surface area contributed by atoms with Crippen molar-refractivity contribution in [3.63, 3.8) is 0 Å². The standard InChI is InChI=1S/C12H13BCl4O2/c1-11(2)12(3,4)19-13(18-11)8-9(16)6(14)5-7(15)10(8)17/h5H,1-4H3. The van der Waals surface area contributed by atoms with Crippen LogP contribution >= 0.6 is 46.4 Å². The SMILES string of the molecule is CC1(C)OB(c2c(Cl)c(Cl)cc(Cl)c2Cl)OC1(C)C. The maximum Gasteiger partial charge on any atom is 0.498 e. The molecule has 0 saturated carbocycles. The number of hydrogen-bond donors (Lipinski definition) is 0. The monoisotopic (exact) mass is 340 g/mol. The van der Waals surface area contributed by atoms with E-state index in [0.29, 0.717) is 25.6 Å². The Bertz CT molecular complexity index is 489. The molecule has 0 atom stereocenters. The zero-order valence-electron chi connectivity index (χ0n) is 11.0. The smallest absolute Gasteiger partial charge is 0.399 e. The number of halogens is 4. The van der Waals surface area contributed by atoms with Crippen LogP contribution in [0.2, 0.25) is 20.1 Å². The summed E-state index contributed by atoms with van der Waals surface area (Å²) in [6, 6.07) is 1.50. The number of hydrogen-bond acceptors (Lipinski definition) is 2. The fourth-order valence-corrected chi connectivity index (χ4v) is 2.76. The van der Waals surface area contributed by atoms with Crippen LogP contribution in [0.1, 0.15) is 27.7 Å². The summed E-state index contributed by atoms with van der Waals surface area (Å²) in [6.07, 6.45) is 0. The van der Waals surface area contributed by atoms with Gasteiger partial charge in [0.15, 0.2) is 0 Å². The molecule has 2 nitrogen and oxygen atoms in total. The molecule has 1 aliphatic heterocycles. The first-order chi connectivity index (χ1) is 8.57. The van der Waals surface area contributed by atoms with E-state index in [1.54, 1.807) is 0 Å². The third-order valence-corrected chi connectivity index (χ3v) is 5.24. The van der Waals surface area contributed by atoms with Crippen LogP contribution in [0, 0.1) is 0 Å². The summed E-state index contributed by atoms with van der Waals surface area (Å²) >= 11 is 24.5. The fourth-order valence-electron chi connectivity index (χ4n) is 1.76. The summed E-state index contributed by atoms with van der Waals surface area (Å²) in [4.78, 5) is 0. The van der Waals surface area contributed by atoms with Crippen molar-refractivity contribution < 1.29 is 9.31 Å². The second-order valence-electron chi connectivity index (χ2n) is 5.47. The second-order valence-corrected chi connectivity index (χ2v) is 7.04. The highest BCUT2D eigenvalue weighted by Gasteiger charge is 2.53. The summed E-state index contributed by atoms with van der Waals surface area (Å²) in [5.74, 6) is 0. The molecule has 2 rings (SSSR count). The largest absolute Gasteiger partial charge is 0.498 e. The Morgan fingerprint density at radius 1 is 0.842 bits per heavy atom. The molecule has 0 radical (unpaired) electrons. The van der Waals surface area contributed by atoms with Gasteiger partial charge in [-0.05, 0) is 33.8 Å². The second kappa shape index (κ2) is 4.97. The van der Waals surface area contributed by atoms with Gasteiger partial charge in [-0.1, -0.05) is 46.4 Å². The normalized spacial score (nSPS) is 20.9. The van der Waals surface area contributed by atoms with Crippen molar-refractivity contribution in [2.75, 3.05) is 0 Å². The predicted molar refractivity (Wildman–Crippen MR) is 82.2 cm³/mol. The van der Waals surface area contributed by atoms with Crippen molar-refractivity contribution in [2.24, 2.45) is 0 Å². The van der Waals surface area contributed by atoms with E-state index in [1.807, 2.05) is 27.7 Å². The van der Waals surface area contributed by atoms with Crippen molar-refractivity contribution in [2.45, 2.75) is 38.9 Å². The van der Waals surface area contributed by atoms with E-state index in [9.17, 15) is 0 Å². The fraction of sp³-hybridized carbons (Fsp3) is 0.500.